The molecule has 1 nitrogen and oxygen atoms in total. The molecule has 0 radical (unpaired) electrons. The van der Waals surface area contributed by atoms with Crippen molar-refractivity contribution in [3.63, 3.8) is 0 Å². The summed E-state index contributed by atoms with van der Waals surface area (Å²) >= 11 is 0. The third-order valence-corrected chi connectivity index (χ3v) is 3.05. The molecule has 0 saturated carbocycles. The second kappa shape index (κ2) is 9.09. The Hall–Kier alpha value is -0.980. The quantitative estimate of drug-likeness (QED) is 0.547. The maximum absolute atomic E-state index is 5.43. The van der Waals surface area contributed by atoms with Gasteiger partial charge in [0.05, 0.1) is 6.61 Å². The Labute approximate surface area is 106 Å². The van der Waals surface area contributed by atoms with Gasteiger partial charge in [0.25, 0.3) is 0 Å². The lowest BCUT2D eigenvalue weighted by Gasteiger charge is -2.05. The van der Waals surface area contributed by atoms with Crippen molar-refractivity contribution in [2.45, 2.75) is 58.8 Å². The smallest absolute Gasteiger partial charge is 0.119 e. The molecule has 1 rings (SSSR count). The Kier molecular flexibility index (Phi) is 7.53. The summed E-state index contributed by atoms with van der Waals surface area (Å²) in [6.45, 7) is 5.03. The molecule has 0 saturated heterocycles. The second-order valence-electron chi connectivity index (χ2n) is 4.59. The third-order valence-electron chi connectivity index (χ3n) is 3.05. The lowest BCUT2D eigenvalue weighted by molar-refractivity contribution is 0.340. The summed E-state index contributed by atoms with van der Waals surface area (Å²) in [6, 6.07) is 8.54. The number of ether oxygens (including phenoxy) is 1. The minimum atomic E-state index is 0.747. The Morgan fingerprint density at radius 1 is 0.824 bits per heavy atom. The van der Waals surface area contributed by atoms with Crippen LogP contribution in [0.2, 0.25) is 0 Å². The first-order chi connectivity index (χ1) is 8.36. The second-order valence-corrected chi connectivity index (χ2v) is 4.59. The largest absolute Gasteiger partial charge is 0.494 e. The number of unbranched alkanes of at least 4 members (excludes halogenated alkanes) is 5. The van der Waals surface area contributed by atoms with E-state index in [0.717, 1.165) is 12.4 Å². The van der Waals surface area contributed by atoms with Gasteiger partial charge in [0, 0.05) is 0 Å². The molecule has 0 spiro atoms. The van der Waals surface area contributed by atoms with E-state index in [2.05, 4.69) is 31.2 Å². The van der Waals surface area contributed by atoms with E-state index in [-0.39, 0.29) is 0 Å². The molecular weight excluding hydrogens is 208 g/mol. The van der Waals surface area contributed by atoms with Gasteiger partial charge in [0.15, 0.2) is 0 Å². The fourth-order valence-corrected chi connectivity index (χ4v) is 2.03. The monoisotopic (exact) mass is 234 g/mol. The van der Waals surface area contributed by atoms with E-state index in [1.807, 2.05) is 6.92 Å². The van der Waals surface area contributed by atoms with Gasteiger partial charge in [-0.3, -0.25) is 0 Å². The maximum atomic E-state index is 5.43. The summed E-state index contributed by atoms with van der Waals surface area (Å²) in [6.07, 6.45) is 9.41. The zero-order chi connectivity index (χ0) is 12.3. The van der Waals surface area contributed by atoms with Crippen molar-refractivity contribution in [1.82, 2.24) is 0 Å². The van der Waals surface area contributed by atoms with Gasteiger partial charge in [-0.15, -0.1) is 0 Å². The molecule has 0 aliphatic rings. The van der Waals surface area contributed by atoms with Crippen LogP contribution >= 0.6 is 0 Å². The van der Waals surface area contributed by atoms with E-state index in [4.69, 9.17) is 4.74 Å². The number of hydrogen-bond acceptors (Lipinski definition) is 1. The molecule has 17 heavy (non-hydrogen) atoms. The number of rotatable bonds is 9. The van der Waals surface area contributed by atoms with E-state index in [9.17, 15) is 0 Å². The molecule has 0 atom stereocenters. The fourth-order valence-electron chi connectivity index (χ4n) is 2.03. The highest BCUT2D eigenvalue weighted by Gasteiger charge is 1.95. The van der Waals surface area contributed by atoms with E-state index in [1.54, 1.807) is 0 Å². The average molecular weight is 234 g/mol. The molecule has 0 aliphatic heterocycles. The van der Waals surface area contributed by atoms with Gasteiger partial charge in [-0.05, 0) is 37.5 Å². The van der Waals surface area contributed by atoms with E-state index >= 15 is 0 Å². The van der Waals surface area contributed by atoms with E-state index in [0.29, 0.717) is 0 Å². The van der Waals surface area contributed by atoms with Gasteiger partial charge >= 0.3 is 0 Å². The lowest BCUT2D eigenvalue weighted by Crippen LogP contribution is -1.92. The molecule has 0 bridgehead atoms. The molecule has 0 aromatic heterocycles. The van der Waals surface area contributed by atoms with Crippen LogP contribution in [0.5, 0.6) is 5.75 Å². The first-order valence-corrected chi connectivity index (χ1v) is 7.08. The molecule has 0 aliphatic carbocycles. The molecule has 0 fully saturated rings. The zero-order valence-corrected chi connectivity index (χ0v) is 11.4. The minimum Gasteiger partial charge on any atom is -0.494 e. The molecule has 0 heterocycles. The third kappa shape index (κ3) is 6.35. The summed E-state index contributed by atoms with van der Waals surface area (Å²) < 4.78 is 5.43. The summed E-state index contributed by atoms with van der Waals surface area (Å²) in [7, 11) is 0. The van der Waals surface area contributed by atoms with Crippen LogP contribution in [0.3, 0.4) is 0 Å². The van der Waals surface area contributed by atoms with Crippen molar-refractivity contribution in [2.24, 2.45) is 0 Å². The first-order valence-electron chi connectivity index (χ1n) is 7.08. The molecule has 96 valence electrons. The van der Waals surface area contributed by atoms with Crippen LogP contribution in [0.1, 0.15) is 57.9 Å². The lowest BCUT2D eigenvalue weighted by atomic mass is 10.0. The highest BCUT2D eigenvalue weighted by Crippen LogP contribution is 2.14. The molecule has 1 aromatic carbocycles. The predicted molar refractivity (Wildman–Crippen MR) is 74.7 cm³/mol. The van der Waals surface area contributed by atoms with Crippen molar-refractivity contribution in [1.29, 1.82) is 0 Å². The van der Waals surface area contributed by atoms with Crippen molar-refractivity contribution in [2.75, 3.05) is 6.61 Å². The van der Waals surface area contributed by atoms with Gasteiger partial charge in [-0.2, -0.15) is 0 Å². The fraction of sp³-hybridized carbons (Fsp3) is 0.625. The van der Waals surface area contributed by atoms with E-state index < -0.39 is 0 Å². The Bertz CT molecular complexity index is 276. The van der Waals surface area contributed by atoms with Crippen LogP contribution in [0, 0.1) is 0 Å². The molecule has 1 aromatic rings. The summed E-state index contributed by atoms with van der Waals surface area (Å²) in [4.78, 5) is 0. The van der Waals surface area contributed by atoms with Gasteiger partial charge in [-0.1, -0.05) is 51.2 Å². The highest BCUT2D eigenvalue weighted by atomic mass is 16.5. The van der Waals surface area contributed by atoms with Gasteiger partial charge in [0.2, 0.25) is 0 Å². The van der Waals surface area contributed by atoms with Crippen LogP contribution in [0.4, 0.5) is 0 Å². The molecule has 0 unspecified atom stereocenters. The Balaban J connectivity index is 2.14. The van der Waals surface area contributed by atoms with Crippen molar-refractivity contribution in [3.05, 3.63) is 29.8 Å². The normalized spacial score (nSPS) is 10.5. The predicted octanol–water partition coefficient (Wildman–Crippen LogP) is 4.99. The standard InChI is InChI=1S/C16H26O/c1-3-5-6-7-8-9-10-15-11-13-16(14-12-15)17-4-2/h11-14H,3-10H2,1-2H3. The summed E-state index contributed by atoms with van der Waals surface area (Å²) in [5.41, 5.74) is 1.43. The first kappa shape index (κ1) is 14.1. The Morgan fingerprint density at radius 2 is 1.47 bits per heavy atom. The van der Waals surface area contributed by atoms with Crippen LogP contribution in [-0.4, -0.2) is 6.61 Å². The Morgan fingerprint density at radius 3 is 2.12 bits per heavy atom. The van der Waals surface area contributed by atoms with Gasteiger partial charge in [0.1, 0.15) is 5.75 Å². The van der Waals surface area contributed by atoms with Crippen molar-refractivity contribution < 1.29 is 4.74 Å². The maximum Gasteiger partial charge on any atom is 0.119 e. The number of benzene rings is 1. The molecule has 0 N–H and O–H groups in total. The molecule has 1 heteroatoms. The van der Waals surface area contributed by atoms with Crippen LogP contribution in [-0.2, 0) is 6.42 Å². The van der Waals surface area contributed by atoms with Crippen LogP contribution in [0.25, 0.3) is 0 Å². The van der Waals surface area contributed by atoms with Gasteiger partial charge < -0.3 is 4.74 Å². The highest BCUT2D eigenvalue weighted by molar-refractivity contribution is 5.27. The van der Waals surface area contributed by atoms with Crippen LogP contribution < -0.4 is 4.74 Å². The van der Waals surface area contributed by atoms with Crippen molar-refractivity contribution >= 4 is 0 Å². The topological polar surface area (TPSA) is 9.23 Å². The summed E-state index contributed by atoms with van der Waals surface area (Å²) in [5.74, 6) is 0.985. The van der Waals surface area contributed by atoms with Gasteiger partial charge in [-0.25, -0.2) is 0 Å². The average Bonchev–Trinajstić information content (AvgIpc) is 2.36. The minimum absolute atomic E-state index is 0.747. The van der Waals surface area contributed by atoms with E-state index in [1.165, 1.54) is 50.5 Å². The molecular formula is C16H26O. The number of aryl methyl sites for hydroxylation is 1. The zero-order valence-electron chi connectivity index (χ0n) is 11.4. The summed E-state index contributed by atoms with van der Waals surface area (Å²) in [5, 5.41) is 0. The van der Waals surface area contributed by atoms with Crippen molar-refractivity contribution in [3.8, 4) is 5.75 Å². The molecule has 0 amide bonds. The van der Waals surface area contributed by atoms with Crippen LogP contribution in [0.15, 0.2) is 24.3 Å². The SMILES string of the molecule is CCCCCCCCc1ccc(OCC)cc1. The number of hydrogen-bond donors (Lipinski definition) is 0.